The van der Waals surface area contributed by atoms with E-state index in [4.69, 9.17) is 0 Å². The summed E-state index contributed by atoms with van der Waals surface area (Å²) in [5, 5.41) is 0. The lowest BCUT2D eigenvalue weighted by atomic mass is 9.93. The lowest BCUT2D eigenvalue weighted by Gasteiger charge is -2.12. The van der Waals surface area contributed by atoms with Gasteiger partial charge in [0.2, 0.25) is 0 Å². The standard InChI is InChI=1S/C12H12.C12H10.4C6H6.C5H6/c2*1-3-7-11(8-4-1)12-9-5-2-6-10-12;4*1-2-4-6-5-3-1;1-2-4-5-3-1/h1-9,12H,10H2;1-10H;4*1-6H;1-4H,5H2. The molecule has 0 saturated heterocycles. The third kappa shape index (κ3) is 22.0. The summed E-state index contributed by atoms with van der Waals surface area (Å²) >= 11 is 0. The van der Waals surface area contributed by atoms with E-state index >= 15 is 0 Å². The highest BCUT2D eigenvalue weighted by molar-refractivity contribution is 5.62. The highest BCUT2D eigenvalue weighted by atomic mass is 14.1. The molecular weight excluding hydrogens is 637 g/mol. The van der Waals surface area contributed by atoms with Crippen molar-refractivity contribution in [3.05, 3.63) is 291 Å². The van der Waals surface area contributed by atoms with Gasteiger partial charge in [0, 0.05) is 5.92 Å². The largest absolute Gasteiger partial charge is 0.0836 e. The van der Waals surface area contributed by atoms with Crippen LogP contribution in [0.2, 0.25) is 0 Å². The number of benzene rings is 7. The van der Waals surface area contributed by atoms with Crippen molar-refractivity contribution in [1.82, 2.24) is 0 Å². The fourth-order valence-corrected chi connectivity index (χ4v) is 4.72. The summed E-state index contributed by atoms with van der Waals surface area (Å²) in [5.41, 5.74) is 3.97. The average Bonchev–Trinajstić information content (AvgIpc) is 3.90. The molecule has 0 spiro atoms. The molecule has 9 rings (SSSR count). The molecule has 0 radical (unpaired) electrons. The number of rotatable bonds is 2. The minimum Gasteiger partial charge on any atom is -0.0836 e. The van der Waals surface area contributed by atoms with Gasteiger partial charge in [-0.1, -0.05) is 285 Å². The van der Waals surface area contributed by atoms with Crippen molar-refractivity contribution in [2.75, 3.05) is 0 Å². The Bertz CT molecular complexity index is 1580. The molecule has 0 aliphatic heterocycles. The fraction of sp³-hybridized carbons (Fsp3) is 0.0566. The average molecular weight is 689 g/mol. The van der Waals surface area contributed by atoms with Crippen LogP contribution in [-0.4, -0.2) is 0 Å². The normalized spacial score (nSPS) is 12.3. The Morgan fingerprint density at radius 3 is 0.774 bits per heavy atom. The fourth-order valence-electron chi connectivity index (χ4n) is 4.72. The minimum absolute atomic E-state index is 0.594. The van der Waals surface area contributed by atoms with E-state index in [2.05, 4.69) is 127 Å². The molecule has 0 bridgehead atoms. The third-order valence-electron chi connectivity index (χ3n) is 7.41. The van der Waals surface area contributed by atoms with Crippen molar-refractivity contribution in [3.63, 3.8) is 0 Å². The summed E-state index contributed by atoms with van der Waals surface area (Å²) in [6.45, 7) is 0. The molecule has 0 heteroatoms. The van der Waals surface area contributed by atoms with Crippen LogP contribution in [-0.2, 0) is 0 Å². The Labute approximate surface area is 319 Å². The van der Waals surface area contributed by atoms with E-state index in [1.54, 1.807) is 0 Å². The Kier molecular flexibility index (Phi) is 23.4. The molecule has 0 nitrogen and oxygen atoms in total. The van der Waals surface area contributed by atoms with E-state index in [1.807, 2.05) is 158 Å². The molecule has 0 N–H and O–H groups in total. The molecule has 2 aliphatic carbocycles. The summed E-state index contributed by atoms with van der Waals surface area (Å²) in [4.78, 5) is 0. The Balaban J connectivity index is 0.000000172. The second-order valence-electron chi connectivity index (χ2n) is 11.5. The van der Waals surface area contributed by atoms with Gasteiger partial charge >= 0.3 is 0 Å². The molecule has 264 valence electrons. The van der Waals surface area contributed by atoms with Crippen LogP contribution in [0.1, 0.15) is 24.3 Å². The quantitative estimate of drug-likeness (QED) is 0.170. The number of allylic oxidation sites excluding steroid dienone is 8. The van der Waals surface area contributed by atoms with Crippen LogP contribution in [0.3, 0.4) is 0 Å². The van der Waals surface area contributed by atoms with Crippen molar-refractivity contribution in [2.24, 2.45) is 0 Å². The van der Waals surface area contributed by atoms with E-state index in [-0.39, 0.29) is 0 Å². The zero-order valence-electron chi connectivity index (χ0n) is 30.6. The molecule has 0 saturated carbocycles. The highest BCUT2D eigenvalue weighted by Gasteiger charge is 2.06. The molecular formula is C53H52. The van der Waals surface area contributed by atoms with E-state index in [0.717, 1.165) is 12.8 Å². The summed E-state index contributed by atoms with van der Waals surface area (Å²) in [6, 6.07) is 79.4. The summed E-state index contributed by atoms with van der Waals surface area (Å²) < 4.78 is 0. The monoisotopic (exact) mass is 688 g/mol. The Morgan fingerprint density at radius 1 is 0.264 bits per heavy atom. The summed E-state index contributed by atoms with van der Waals surface area (Å²) in [5.74, 6) is 0.594. The first-order valence-corrected chi connectivity index (χ1v) is 18.2. The lowest BCUT2D eigenvalue weighted by Crippen LogP contribution is -1.94. The van der Waals surface area contributed by atoms with Crippen LogP contribution in [0.15, 0.2) is 285 Å². The predicted molar refractivity (Wildman–Crippen MR) is 233 cm³/mol. The Hall–Kier alpha value is -6.50. The molecule has 53 heavy (non-hydrogen) atoms. The van der Waals surface area contributed by atoms with Gasteiger partial charge < -0.3 is 0 Å². The van der Waals surface area contributed by atoms with Gasteiger partial charge in [-0.05, 0) is 29.5 Å². The Morgan fingerprint density at radius 2 is 0.528 bits per heavy atom. The van der Waals surface area contributed by atoms with Crippen LogP contribution < -0.4 is 0 Å². The maximum atomic E-state index is 2.26. The predicted octanol–water partition coefficient (Wildman–Crippen LogP) is 14.9. The van der Waals surface area contributed by atoms with Gasteiger partial charge in [-0.3, -0.25) is 0 Å². The van der Waals surface area contributed by atoms with Gasteiger partial charge in [0.25, 0.3) is 0 Å². The van der Waals surface area contributed by atoms with Crippen molar-refractivity contribution in [2.45, 2.75) is 18.8 Å². The molecule has 0 aromatic heterocycles. The molecule has 0 fully saturated rings. The van der Waals surface area contributed by atoms with Gasteiger partial charge in [0.05, 0.1) is 0 Å². The topological polar surface area (TPSA) is 0 Å². The SMILES string of the molecule is C1=CCC(c2ccccc2)C=C1.C1=CCC=C1.c1ccc(-c2ccccc2)cc1.c1ccccc1.c1ccccc1.c1ccccc1.c1ccccc1. The zero-order chi connectivity index (χ0) is 37.0. The van der Waals surface area contributed by atoms with E-state index in [9.17, 15) is 0 Å². The molecule has 0 amide bonds. The zero-order valence-corrected chi connectivity index (χ0v) is 30.6. The molecule has 1 unspecified atom stereocenters. The smallest absolute Gasteiger partial charge is 0.00557 e. The first kappa shape index (κ1) is 40.9. The van der Waals surface area contributed by atoms with Crippen molar-refractivity contribution < 1.29 is 0 Å². The second kappa shape index (κ2) is 30.3. The molecule has 7 aromatic rings. The third-order valence-corrected chi connectivity index (χ3v) is 7.41. The highest BCUT2D eigenvalue weighted by Crippen LogP contribution is 2.23. The van der Waals surface area contributed by atoms with Crippen LogP contribution in [0.4, 0.5) is 0 Å². The van der Waals surface area contributed by atoms with Crippen LogP contribution in [0.25, 0.3) is 11.1 Å². The summed E-state index contributed by atoms with van der Waals surface area (Å²) in [7, 11) is 0. The summed E-state index contributed by atoms with van der Waals surface area (Å²) in [6.07, 6.45) is 19.4. The van der Waals surface area contributed by atoms with Gasteiger partial charge in [0.1, 0.15) is 0 Å². The van der Waals surface area contributed by atoms with Gasteiger partial charge in [0.15, 0.2) is 0 Å². The second-order valence-corrected chi connectivity index (χ2v) is 11.5. The van der Waals surface area contributed by atoms with Crippen LogP contribution in [0.5, 0.6) is 0 Å². The minimum atomic E-state index is 0.594. The molecule has 1 atom stereocenters. The van der Waals surface area contributed by atoms with Crippen molar-refractivity contribution in [1.29, 1.82) is 0 Å². The maximum Gasteiger partial charge on any atom is 0.00557 e. The van der Waals surface area contributed by atoms with E-state index in [0.29, 0.717) is 5.92 Å². The number of hydrogen-bond acceptors (Lipinski definition) is 0. The van der Waals surface area contributed by atoms with Crippen molar-refractivity contribution in [3.8, 4) is 11.1 Å². The molecule has 0 heterocycles. The number of hydrogen-bond donors (Lipinski definition) is 0. The lowest BCUT2D eigenvalue weighted by molar-refractivity contribution is 0.854. The molecule has 2 aliphatic rings. The van der Waals surface area contributed by atoms with Gasteiger partial charge in [-0.2, -0.15) is 0 Å². The van der Waals surface area contributed by atoms with Crippen LogP contribution in [0, 0.1) is 0 Å². The first-order valence-electron chi connectivity index (χ1n) is 18.2. The van der Waals surface area contributed by atoms with E-state index < -0.39 is 0 Å². The van der Waals surface area contributed by atoms with Gasteiger partial charge in [-0.25, -0.2) is 0 Å². The van der Waals surface area contributed by atoms with Gasteiger partial charge in [-0.15, -0.1) is 0 Å². The molecule has 7 aromatic carbocycles. The first-order chi connectivity index (χ1) is 26.4. The maximum absolute atomic E-state index is 2.26. The van der Waals surface area contributed by atoms with Crippen molar-refractivity contribution >= 4 is 0 Å². The van der Waals surface area contributed by atoms with Crippen LogP contribution >= 0.6 is 0 Å². The van der Waals surface area contributed by atoms with E-state index in [1.165, 1.54) is 16.7 Å².